The molecular formula is C19H30N4O11. The van der Waals surface area contributed by atoms with Gasteiger partial charge >= 0.3 is 23.9 Å². The van der Waals surface area contributed by atoms with E-state index in [1.54, 1.807) is 13.8 Å². The summed E-state index contributed by atoms with van der Waals surface area (Å²) in [7, 11) is 0. The molecule has 0 aliphatic rings. The molecule has 0 spiro atoms. The van der Waals surface area contributed by atoms with Crippen LogP contribution in [0.2, 0.25) is 0 Å². The highest BCUT2D eigenvalue weighted by atomic mass is 16.4. The van der Waals surface area contributed by atoms with E-state index in [9.17, 15) is 38.7 Å². The van der Waals surface area contributed by atoms with Crippen LogP contribution in [0, 0.1) is 5.92 Å². The van der Waals surface area contributed by atoms with Crippen LogP contribution in [-0.4, -0.2) is 86.2 Å². The maximum atomic E-state index is 12.7. The van der Waals surface area contributed by atoms with E-state index in [0.717, 1.165) is 0 Å². The van der Waals surface area contributed by atoms with Crippen LogP contribution in [-0.2, 0) is 33.6 Å². The quantitative estimate of drug-likeness (QED) is 0.114. The van der Waals surface area contributed by atoms with E-state index in [1.165, 1.54) is 0 Å². The van der Waals surface area contributed by atoms with Gasteiger partial charge in [-0.1, -0.05) is 13.8 Å². The Morgan fingerprint density at radius 3 is 1.59 bits per heavy atom. The van der Waals surface area contributed by atoms with Gasteiger partial charge in [0.05, 0.1) is 18.9 Å². The number of amides is 3. The number of hydrogen-bond donors (Lipinski definition) is 8. The summed E-state index contributed by atoms with van der Waals surface area (Å²) in [6.45, 7) is 3.40. The minimum Gasteiger partial charge on any atom is -0.481 e. The van der Waals surface area contributed by atoms with Crippen molar-refractivity contribution >= 4 is 41.6 Å². The van der Waals surface area contributed by atoms with Gasteiger partial charge in [0.15, 0.2) is 0 Å². The van der Waals surface area contributed by atoms with E-state index < -0.39 is 91.4 Å². The molecule has 0 fully saturated rings. The minimum absolute atomic E-state index is 0.0214. The van der Waals surface area contributed by atoms with Crippen LogP contribution in [0.25, 0.3) is 0 Å². The molecule has 192 valence electrons. The van der Waals surface area contributed by atoms with E-state index >= 15 is 0 Å². The number of carboxylic acid groups (broad SMARTS) is 4. The van der Waals surface area contributed by atoms with Crippen LogP contribution in [0.15, 0.2) is 0 Å². The largest absolute Gasteiger partial charge is 0.481 e. The molecule has 0 rings (SSSR count). The summed E-state index contributed by atoms with van der Waals surface area (Å²) in [6, 6.07) is -6.28. The Hall–Kier alpha value is -3.75. The van der Waals surface area contributed by atoms with Crippen molar-refractivity contribution in [2.24, 2.45) is 11.7 Å². The zero-order valence-corrected chi connectivity index (χ0v) is 18.6. The van der Waals surface area contributed by atoms with E-state index in [0.29, 0.717) is 0 Å². The Labute approximate surface area is 194 Å². The fourth-order valence-corrected chi connectivity index (χ4v) is 2.72. The standard InChI is InChI=1S/C19H30N4O11/c1-8(2)5-12(19(33)34)23-18(32)11(7-15(28)29)22-17(31)10(3-4-13(24)25)21-16(30)9(20)6-14(26)27/h8-12H,3-7,20H2,1-2H3,(H,21,30)(H,22,31)(H,23,32)(H,24,25)(H,26,27)(H,28,29)(H,33,34). The summed E-state index contributed by atoms with van der Waals surface area (Å²) in [5, 5.41) is 42.2. The van der Waals surface area contributed by atoms with E-state index in [1.807, 2.05) is 0 Å². The molecule has 0 radical (unpaired) electrons. The molecule has 0 saturated carbocycles. The molecule has 9 N–H and O–H groups in total. The Morgan fingerprint density at radius 1 is 0.676 bits per heavy atom. The first-order valence-electron chi connectivity index (χ1n) is 10.2. The van der Waals surface area contributed by atoms with Gasteiger partial charge in [0.1, 0.15) is 18.1 Å². The van der Waals surface area contributed by atoms with Gasteiger partial charge in [0.2, 0.25) is 17.7 Å². The van der Waals surface area contributed by atoms with Gasteiger partial charge in [-0.15, -0.1) is 0 Å². The first kappa shape index (κ1) is 30.2. The van der Waals surface area contributed by atoms with Crippen molar-refractivity contribution in [3.63, 3.8) is 0 Å². The predicted octanol–water partition coefficient (Wildman–Crippen LogP) is -2.29. The van der Waals surface area contributed by atoms with Crippen molar-refractivity contribution in [3.8, 4) is 0 Å². The third-order valence-electron chi connectivity index (χ3n) is 4.34. The number of carboxylic acids is 4. The Bertz CT molecular complexity index is 799. The molecule has 4 unspecified atom stereocenters. The molecule has 0 aromatic heterocycles. The van der Waals surface area contributed by atoms with Crippen LogP contribution in [0.5, 0.6) is 0 Å². The molecule has 0 aliphatic carbocycles. The smallest absolute Gasteiger partial charge is 0.326 e. The van der Waals surface area contributed by atoms with Crippen molar-refractivity contribution in [2.75, 3.05) is 0 Å². The summed E-state index contributed by atoms with van der Waals surface area (Å²) < 4.78 is 0. The number of nitrogens with two attached hydrogens (primary N) is 1. The van der Waals surface area contributed by atoms with Gasteiger partial charge < -0.3 is 42.1 Å². The molecule has 0 saturated heterocycles. The normalized spacial score (nSPS) is 14.2. The number of rotatable bonds is 16. The molecule has 4 atom stereocenters. The topological polar surface area (TPSA) is 263 Å². The minimum atomic E-state index is -1.75. The fraction of sp³-hybridized carbons (Fsp3) is 0.632. The SMILES string of the molecule is CC(C)CC(NC(=O)C(CC(=O)O)NC(=O)C(CCC(=O)O)NC(=O)C(N)CC(=O)O)C(=O)O. The number of carbonyl (C=O) groups is 7. The monoisotopic (exact) mass is 490 g/mol. The second kappa shape index (κ2) is 14.4. The van der Waals surface area contributed by atoms with Gasteiger partial charge in [-0.25, -0.2) is 4.79 Å². The number of carbonyl (C=O) groups excluding carboxylic acids is 3. The van der Waals surface area contributed by atoms with Crippen molar-refractivity contribution in [2.45, 2.75) is 70.1 Å². The molecule has 3 amide bonds. The molecule has 0 aliphatic heterocycles. The molecular weight excluding hydrogens is 460 g/mol. The van der Waals surface area contributed by atoms with Gasteiger partial charge in [0, 0.05) is 6.42 Å². The van der Waals surface area contributed by atoms with Crippen LogP contribution >= 0.6 is 0 Å². The van der Waals surface area contributed by atoms with Crippen molar-refractivity contribution < 1.29 is 54.0 Å². The summed E-state index contributed by atoms with van der Waals surface area (Å²) in [4.78, 5) is 81.5. The summed E-state index contributed by atoms with van der Waals surface area (Å²) >= 11 is 0. The van der Waals surface area contributed by atoms with E-state index in [4.69, 9.17) is 21.1 Å². The Morgan fingerprint density at radius 2 is 1.15 bits per heavy atom. The molecule has 34 heavy (non-hydrogen) atoms. The highest BCUT2D eigenvalue weighted by Gasteiger charge is 2.32. The molecule has 0 aromatic carbocycles. The van der Waals surface area contributed by atoms with Crippen molar-refractivity contribution in [3.05, 3.63) is 0 Å². The first-order valence-corrected chi connectivity index (χ1v) is 10.2. The molecule has 0 bridgehead atoms. The van der Waals surface area contributed by atoms with Gasteiger partial charge in [-0.05, 0) is 18.8 Å². The molecule has 15 nitrogen and oxygen atoms in total. The number of nitrogens with one attached hydrogen (secondary N) is 3. The molecule has 0 aromatic rings. The van der Waals surface area contributed by atoms with Crippen LogP contribution in [0.3, 0.4) is 0 Å². The summed E-state index contributed by atoms with van der Waals surface area (Å²) in [5.41, 5.74) is 5.42. The number of hydrogen-bond acceptors (Lipinski definition) is 8. The lowest BCUT2D eigenvalue weighted by Gasteiger charge is -2.24. The van der Waals surface area contributed by atoms with Gasteiger partial charge in [-0.2, -0.15) is 0 Å². The Kier molecular flexibility index (Phi) is 12.8. The zero-order valence-electron chi connectivity index (χ0n) is 18.6. The predicted molar refractivity (Wildman–Crippen MR) is 112 cm³/mol. The second-order valence-corrected chi connectivity index (χ2v) is 7.89. The van der Waals surface area contributed by atoms with Crippen molar-refractivity contribution in [1.29, 1.82) is 0 Å². The maximum Gasteiger partial charge on any atom is 0.326 e. The molecule has 0 heterocycles. The lowest BCUT2D eigenvalue weighted by Crippen LogP contribution is -2.57. The lowest BCUT2D eigenvalue weighted by atomic mass is 10.0. The Balaban J connectivity index is 5.60. The van der Waals surface area contributed by atoms with Crippen LogP contribution in [0.1, 0.15) is 46.0 Å². The second-order valence-electron chi connectivity index (χ2n) is 7.89. The fourth-order valence-electron chi connectivity index (χ4n) is 2.72. The third kappa shape index (κ3) is 12.3. The maximum absolute atomic E-state index is 12.7. The van der Waals surface area contributed by atoms with Crippen molar-refractivity contribution in [1.82, 2.24) is 16.0 Å². The third-order valence-corrected chi connectivity index (χ3v) is 4.34. The number of aliphatic carboxylic acids is 4. The average Bonchev–Trinajstić information content (AvgIpc) is 2.68. The zero-order chi connectivity index (χ0) is 26.6. The van der Waals surface area contributed by atoms with Gasteiger partial charge in [-0.3, -0.25) is 28.8 Å². The summed E-state index contributed by atoms with van der Waals surface area (Å²) in [6.07, 6.45) is -2.80. The van der Waals surface area contributed by atoms with E-state index in [2.05, 4.69) is 16.0 Å². The van der Waals surface area contributed by atoms with Crippen LogP contribution < -0.4 is 21.7 Å². The van der Waals surface area contributed by atoms with Gasteiger partial charge in [0.25, 0.3) is 0 Å². The molecule has 15 heteroatoms. The van der Waals surface area contributed by atoms with Crippen LogP contribution in [0.4, 0.5) is 0 Å². The highest BCUT2D eigenvalue weighted by Crippen LogP contribution is 2.07. The summed E-state index contributed by atoms with van der Waals surface area (Å²) in [5.74, 6) is -9.10. The highest BCUT2D eigenvalue weighted by molar-refractivity contribution is 5.96. The van der Waals surface area contributed by atoms with E-state index in [-0.39, 0.29) is 12.3 Å². The average molecular weight is 490 g/mol. The first-order chi connectivity index (χ1) is 15.6. The lowest BCUT2D eigenvalue weighted by molar-refractivity contribution is -0.144.